The SMILES string of the molecule is O=C1CC[C@H](Nc2ccc(C3CCN(C[C@@H]4COC5(CCN(c6ccc([C@@H]7c8ccc(O)cc8CC[C@@H]7c7ccccc7)cc6)CC5)C4)CC3)c(F)c2)C(=O)N1. The fourth-order valence-corrected chi connectivity index (χ4v) is 10.5. The molecular weight excluding hydrogens is 704 g/mol. The van der Waals surface area contributed by atoms with Crippen molar-refractivity contribution in [2.45, 2.75) is 87.2 Å². The van der Waals surface area contributed by atoms with Crippen LogP contribution in [0.3, 0.4) is 0 Å². The van der Waals surface area contributed by atoms with Crippen molar-refractivity contribution in [2.75, 3.05) is 49.5 Å². The van der Waals surface area contributed by atoms with Crippen molar-refractivity contribution in [3.05, 3.63) is 125 Å². The van der Waals surface area contributed by atoms with E-state index in [-0.39, 0.29) is 41.5 Å². The van der Waals surface area contributed by atoms with Gasteiger partial charge in [0.1, 0.15) is 17.6 Å². The number of anilines is 2. The Morgan fingerprint density at radius 3 is 2.34 bits per heavy atom. The molecule has 9 heteroatoms. The summed E-state index contributed by atoms with van der Waals surface area (Å²) in [6.07, 6.45) is 7.76. The molecule has 56 heavy (non-hydrogen) atoms. The van der Waals surface area contributed by atoms with Gasteiger partial charge in [-0.1, -0.05) is 54.6 Å². The number of aromatic hydroxyl groups is 1. The number of hydrogen-bond donors (Lipinski definition) is 3. The van der Waals surface area contributed by atoms with Crippen LogP contribution in [0.5, 0.6) is 5.75 Å². The second kappa shape index (κ2) is 15.7. The molecule has 4 aliphatic heterocycles. The molecule has 5 aliphatic rings. The highest BCUT2D eigenvalue weighted by Gasteiger charge is 2.43. The van der Waals surface area contributed by atoms with E-state index in [9.17, 15) is 14.7 Å². The smallest absolute Gasteiger partial charge is 0.249 e. The molecule has 4 saturated heterocycles. The third-order valence-electron chi connectivity index (χ3n) is 13.5. The van der Waals surface area contributed by atoms with Crippen LogP contribution in [0.2, 0.25) is 0 Å². The van der Waals surface area contributed by atoms with Crippen LogP contribution in [0.1, 0.15) is 96.9 Å². The van der Waals surface area contributed by atoms with E-state index in [4.69, 9.17) is 4.74 Å². The first-order valence-electron chi connectivity index (χ1n) is 20.8. The Hall–Kier alpha value is -4.73. The summed E-state index contributed by atoms with van der Waals surface area (Å²) in [4.78, 5) is 28.7. The van der Waals surface area contributed by atoms with Gasteiger partial charge in [0.15, 0.2) is 0 Å². The summed E-state index contributed by atoms with van der Waals surface area (Å²) >= 11 is 0. The van der Waals surface area contributed by atoms with Crippen molar-refractivity contribution in [1.29, 1.82) is 0 Å². The summed E-state index contributed by atoms with van der Waals surface area (Å²) < 4.78 is 21.9. The first-order valence-corrected chi connectivity index (χ1v) is 20.8. The summed E-state index contributed by atoms with van der Waals surface area (Å²) in [7, 11) is 0. The van der Waals surface area contributed by atoms with Crippen molar-refractivity contribution < 1.29 is 23.8 Å². The first-order chi connectivity index (χ1) is 27.3. The molecule has 0 aromatic heterocycles. The van der Waals surface area contributed by atoms with Crippen molar-refractivity contribution >= 4 is 23.2 Å². The maximum atomic E-state index is 15.3. The number of halogens is 1. The molecule has 8 nitrogen and oxygen atoms in total. The fraction of sp³-hybridized carbons (Fsp3) is 0.447. The van der Waals surface area contributed by atoms with E-state index in [1.165, 1.54) is 34.0 Å². The number of amides is 2. The molecule has 0 saturated carbocycles. The minimum Gasteiger partial charge on any atom is -0.508 e. The molecule has 0 radical (unpaired) electrons. The monoisotopic (exact) mass is 756 g/mol. The Balaban J connectivity index is 0.766. The molecule has 4 fully saturated rings. The molecule has 4 atom stereocenters. The zero-order valence-electron chi connectivity index (χ0n) is 32.1. The molecule has 1 spiro atoms. The zero-order valence-corrected chi connectivity index (χ0v) is 32.1. The lowest BCUT2D eigenvalue weighted by atomic mass is 9.69. The number of hydrogen-bond acceptors (Lipinski definition) is 7. The Morgan fingerprint density at radius 1 is 0.821 bits per heavy atom. The van der Waals surface area contributed by atoms with Crippen LogP contribution in [-0.4, -0.2) is 72.8 Å². The summed E-state index contributed by atoms with van der Waals surface area (Å²) in [5, 5.41) is 15.7. The predicted octanol–water partition coefficient (Wildman–Crippen LogP) is 7.87. The van der Waals surface area contributed by atoms with Crippen LogP contribution in [0.4, 0.5) is 15.8 Å². The summed E-state index contributed by atoms with van der Waals surface area (Å²) in [5.41, 5.74) is 7.85. The van der Waals surface area contributed by atoms with E-state index in [1.54, 1.807) is 0 Å². The number of likely N-dealkylation sites (tertiary alicyclic amines) is 1. The van der Waals surface area contributed by atoms with Gasteiger partial charge >= 0.3 is 0 Å². The molecular formula is C47H53FN4O4. The molecule has 2 amide bonds. The Morgan fingerprint density at radius 2 is 1.59 bits per heavy atom. The Bertz CT molecular complexity index is 2040. The molecule has 4 aromatic rings. The molecule has 9 rings (SSSR count). The van der Waals surface area contributed by atoms with Gasteiger partial charge in [-0.15, -0.1) is 0 Å². The van der Waals surface area contributed by atoms with E-state index in [0.717, 1.165) is 89.8 Å². The number of imide groups is 1. The number of aryl methyl sites for hydroxylation is 1. The summed E-state index contributed by atoms with van der Waals surface area (Å²) in [6.45, 7) is 5.73. The highest BCUT2D eigenvalue weighted by Crippen LogP contribution is 2.47. The minimum atomic E-state index is -0.525. The minimum absolute atomic E-state index is 0.0353. The number of rotatable bonds is 8. The number of carbonyl (C=O) groups excluding carboxylic acids is 2. The van der Waals surface area contributed by atoms with Gasteiger partial charge in [-0.05, 0) is 146 Å². The quantitative estimate of drug-likeness (QED) is 0.158. The van der Waals surface area contributed by atoms with E-state index in [1.807, 2.05) is 24.3 Å². The topological polar surface area (TPSA) is 94.1 Å². The second-order valence-corrected chi connectivity index (χ2v) is 17.0. The number of carbonyl (C=O) groups is 2. The number of fused-ring (bicyclic) bond motifs is 1. The van der Waals surface area contributed by atoms with Gasteiger partial charge in [-0.2, -0.15) is 0 Å². The van der Waals surface area contributed by atoms with Crippen molar-refractivity contribution in [1.82, 2.24) is 10.2 Å². The number of phenolic OH excluding ortho intramolecular Hbond substituents is 1. The molecule has 292 valence electrons. The van der Waals surface area contributed by atoms with Crippen LogP contribution in [0.25, 0.3) is 0 Å². The number of nitrogens with one attached hydrogen (secondary N) is 2. The predicted molar refractivity (Wildman–Crippen MR) is 217 cm³/mol. The highest BCUT2D eigenvalue weighted by atomic mass is 19.1. The standard InChI is InChI=1S/C47H53FN4O4/c48-42-27-36(49-43-16-17-44(54)50-46(43)55)9-14-39(42)33-18-22-51(23-19-33)29-31-28-47(56-30-31)20-24-52(25-21-47)37-10-6-34(7-11-37)45-40(32-4-2-1-3-5-32)13-8-35-26-38(53)12-15-41(35)45/h1-7,9-12,14-15,26-27,31,33,40,43,45,49,53H,8,13,16-25,28-30H2,(H,50,54,55)/t31-,40-,43+,45+/m1/s1. The molecule has 3 N–H and O–H groups in total. The Kier molecular flexibility index (Phi) is 10.3. The second-order valence-electron chi connectivity index (χ2n) is 17.0. The molecule has 0 unspecified atom stereocenters. The maximum Gasteiger partial charge on any atom is 0.249 e. The van der Waals surface area contributed by atoms with Crippen molar-refractivity contribution in [3.8, 4) is 5.75 Å². The summed E-state index contributed by atoms with van der Waals surface area (Å²) in [6, 6.07) is 30.8. The average molecular weight is 757 g/mol. The zero-order chi connectivity index (χ0) is 38.2. The molecule has 4 aromatic carbocycles. The highest BCUT2D eigenvalue weighted by molar-refractivity contribution is 6.01. The van der Waals surface area contributed by atoms with E-state index < -0.39 is 6.04 Å². The van der Waals surface area contributed by atoms with E-state index in [0.29, 0.717) is 29.7 Å². The van der Waals surface area contributed by atoms with E-state index in [2.05, 4.69) is 81.1 Å². The lowest BCUT2D eigenvalue weighted by Crippen LogP contribution is -2.47. The van der Waals surface area contributed by atoms with Gasteiger partial charge in [-0.3, -0.25) is 14.9 Å². The molecule has 0 bridgehead atoms. The molecule has 1 aliphatic carbocycles. The number of nitrogens with zero attached hydrogens (tertiary/aromatic N) is 2. The normalized spacial score (nSPS) is 25.6. The first kappa shape index (κ1) is 36.9. The Labute approximate surface area is 329 Å². The number of ether oxygens (including phenoxy) is 1. The van der Waals surface area contributed by atoms with Gasteiger partial charge in [-0.25, -0.2) is 4.39 Å². The largest absolute Gasteiger partial charge is 0.508 e. The lowest BCUT2D eigenvalue weighted by molar-refractivity contribution is -0.133. The average Bonchev–Trinajstić information content (AvgIpc) is 3.60. The van der Waals surface area contributed by atoms with Gasteiger partial charge in [0.05, 0.1) is 12.2 Å². The number of benzene rings is 4. The van der Waals surface area contributed by atoms with Crippen LogP contribution in [0.15, 0.2) is 91.0 Å². The summed E-state index contributed by atoms with van der Waals surface area (Å²) in [5.74, 6) is 0.837. The van der Waals surface area contributed by atoms with Crippen molar-refractivity contribution in [2.24, 2.45) is 5.92 Å². The molecule has 4 heterocycles. The third kappa shape index (κ3) is 7.68. The van der Waals surface area contributed by atoms with Crippen LogP contribution < -0.4 is 15.5 Å². The fourth-order valence-electron chi connectivity index (χ4n) is 10.5. The van der Waals surface area contributed by atoms with Gasteiger partial charge < -0.3 is 25.0 Å². The van der Waals surface area contributed by atoms with Crippen molar-refractivity contribution in [3.63, 3.8) is 0 Å². The van der Waals surface area contributed by atoms with Crippen LogP contribution in [-0.2, 0) is 20.7 Å². The van der Waals surface area contributed by atoms with Gasteiger partial charge in [0, 0.05) is 43.3 Å². The third-order valence-corrected chi connectivity index (χ3v) is 13.5. The number of piperidine rings is 3. The number of phenols is 1. The van der Waals surface area contributed by atoms with Gasteiger partial charge in [0.2, 0.25) is 11.8 Å². The lowest BCUT2D eigenvalue weighted by Gasteiger charge is -2.40. The maximum absolute atomic E-state index is 15.3. The van der Waals surface area contributed by atoms with E-state index >= 15 is 4.39 Å². The van der Waals surface area contributed by atoms with Crippen LogP contribution in [0, 0.1) is 11.7 Å². The van der Waals surface area contributed by atoms with Crippen LogP contribution >= 0.6 is 0 Å². The van der Waals surface area contributed by atoms with Gasteiger partial charge in [0.25, 0.3) is 0 Å².